The first-order valence-corrected chi connectivity index (χ1v) is 10.4. The molecule has 2 N–H and O–H groups in total. The van der Waals surface area contributed by atoms with Gasteiger partial charge in [0.1, 0.15) is 0 Å². The van der Waals surface area contributed by atoms with Gasteiger partial charge in [-0.25, -0.2) is 14.7 Å². The predicted octanol–water partition coefficient (Wildman–Crippen LogP) is 4.17. The van der Waals surface area contributed by atoms with Crippen LogP contribution in [0.15, 0.2) is 41.5 Å². The number of hydrogen-bond donors (Lipinski definition) is 2. The van der Waals surface area contributed by atoms with Crippen molar-refractivity contribution in [3.8, 4) is 5.69 Å². The molecule has 29 heavy (non-hydrogen) atoms. The number of aryl methyl sites for hydroxylation is 2. The molecular formula is C21H29IN6S. The first-order chi connectivity index (χ1) is 13.6. The van der Waals surface area contributed by atoms with E-state index in [1.165, 1.54) is 4.88 Å². The molecule has 2 aromatic heterocycles. The SMILES string of the molecule is CCNC(=NCc1c(C)nn(-c2ccccc2)c1C)NCCc1ncc(C)s1.I. The molecule has 0 atom stereocenters. The first kappa shape index (κ1) is 23.3. The Bertz CT molecular complexity index is 932. The minimum absolute atomic E-state index is 0. The van der Waals surface area contributed by atoms with Gasteiger partial charge in [0.25, 0.3) is 0 Å². The second-order valence-electron chi connectivity index (χ2n) is 6.63. The molecule has 2 heterocycles. The molecule has 0 saturated heterocycles. The highest BCUT2D eigenvalue weighted by Crippen LogP contribution is 2.18. The van der Waals surface area contributed by atoms with Crippen LogP contribution in [0.25, 0.3) is 5.69 Å². The van der Waals surface area contributed by atoms with Gasteiger partial charge < -0.3 is 10.6 Å². The van der Waals surface area contributed by atoms with Crippen molar-refractivity contribution in [2.24, 2.45) is 4.99 Å². The van der Waals surface area contributed by atoms with E-state index in [4.69, 9.17) is 10.1 Å². The lowest BCUT2D eigenvalue weighted by atomic mass is 10.2. The van der Waals surface area contributed by atoms with Crippen molar-refractivity contribution in [2.75, 3.05) is 13.1 Å². The first-order valence-electron chi connectivity index (χ1n) is 9.62. The Balaban J connectivity index is 0.00000300. The highest BCUT2D eigenvalue weighted by atomic mass is 127. The van der Waals surface area contributed by atoms with Crippen molar-refractivity contribution >= 4 is 41.3 Å². The quantitative estimate of drug-likeness (QED) is 0.277. The Kier molecular flexibility index (Phi) is 9.09. The van der Waals surface area contributed by atoms with Crippen LogP contribution in [0, 0.1) is 20.8 Å². The molecular weight excluding hydrogens is 495 g/mol. The fraction of sp³-hybridized carbons (Fsp3) is 0.381. The molecule has 3 aromatic rings. The van der Waals surface area contributed by atoms with E-state index in [0.29, 0.717) is 6.54 Å². The Morgan fingerprint density at radius 2 is 1.90 bits per heavy atom. The zero-order chi connectivity index (χ0) is 19.9. The Labute approximate surface area is 193 Å². The predicted molar refractivity (Wildman–Crippen MR) is 132 cm³/mol. The van der Waals surface area contributed by atoms with Crippen molar-refractivity contribution in [2.45, 2.75) is 40.7 Å². The summed E-state index contributed by atoms with van der Waals surface area (Å²) in [6.45, 7) is 10.5. The lowest BCUT2D eigenvalue weighted by Gasteiger charge is -2.11. The van der Waals surface area contributed by atoms with Crippen molar-refractivity contribution in [1.82, 2.24) is 25.4 Å². The molecule has 0 bridgehead atoms. The number of hydrogen-bond acceptors (Lipinski definition) is 4. The van der Waals surface area contributed by atoms with Crippen LogP contribution >= 0.6 is 35.3 Å². The zero-order valence-electron chi connectivity index (χ0n) is 17.4. The number of rotatable bonds is 7. The van der Waals surface area contributed by atoms with Gasteiger partial charge in [0, 0.05) is 41.8 Å². The molecule has 0 saturated carbocycles. The molecule has 6 nitrogen and oxygen atoms in total. The van der Waals surface area contributed by atoms with Gasteiger partial charge in [-0.2, -0.15) is 5.10 Å². The summed E-state index contributed by atoms with van der Waals surface area (Å²) in [5, 5.41) is 12.6. The molecule has 8 heteroatoms. The number of benzene rings is 1. The smallest absolute Gasteiger partial charge is 0.191 e. The van der Waals surface area contributed by atoms with Gasteiger partial charge in [-0.15, -0.1) is 35.3 Å². The van der Waals surface area contributed by atoms with Gasteiger partial charge >= 0.3 is 0 Å². The Hall–Kier alpha value is -1.94. The lowest BCUT2D eigenvalue weighted by Crippen LogP contribution is -2.38. The summed E-state index contributed by atoms with van der Waals surface area (Å²) in [4.78, 5) is 10.4. The third-order valence-corrected chi connectivity index (χ3v) is 5.45. The van der Waals surface area contributed by atoms with Gasteiger partial charge in [-0.05, 0) is 39.8 Å². The van der Waals surface area contributed by atoms with E-state index in [0.717, 1.165) is 53.1 Å². The van der Waals surface area contributed by atoms with Crippen LogP contribution < -0.4 is 10.6 Å². The number of aromatic nitrogens is 3. The summed E-state index contributed by atoms with van der Waals surface area (Å²) in [7, 11) is 0. The highest BCUT2D eigenvalue weighted by Gasteiger charge is 2.12. The van der Waals surface area contributed by atoms with Crippen molar-refractivity contribution in [3.63, 3.8) is 0 Å². The van der Waals surface area contributed by atoms with Crippen LogP contribution in [0.3, 0.4) is 0 Å². The molecule has 0 radical (unpaired) electrons. The van der Waals surface area contributed by atoms with Gasteiger partial charge in [0.2, 0.25) is 0 Å². The van der Waals surface area contributed by atoms with E-state index < -0.39 is 0 Å². The van der Waals surface area contributed by atoms with E-state index in [2.05, 4.69) is 48.5 Å². The molecule has 1 aromatic carbocycles. The molecule has 3 rings (SSSR count). The standard InChI is InChI=1S/C21H28N6S.HI/c1-5-22-21(23-12-11-20-24-13-15(2)28-20)25-14-19-16(3)26-27(17(19)4)18-9-7-6-8-10-18;/h6-10,13H,5,11-12,14H2,1-4H3,(H2,22,23,25);1H. The Morgan fingerprint density at radius 3 is 2.55 bits per heavy atom. The average Bonchev–Trinajstić information content (AvgIpc) is 3.23. The largest absolute Gasteiger partial charge is 0.357 e. The topological polar surface area (TPSA) is 67.1 Å². The number of aliphatic imine (C=N–C) groups is 1. The molecule has 0 aliphatic heterocycles. The van der Waals surface area contributed by atoms with Crippen molar-refractivity contribution < 1.29 is 0 Å². The third-order valence-electron chi connectivity index (χ3n) is 4.48. The van der Waals surface area contributed by atoms with E-state index in [9.17, 15) is 0 Å². The fourth-order valence-electron chi connectivity index (χ4n) is 3.03. The maximum Gasteiger partial charge on any atom is 0.191 e. The van der Waals surface area contributed by atoms with Crippen LogP contribution in [0.2, 0.25) is 0 Å². The second-order valence-corrected chi connectivity index (χ2v) is 7.95. The molecule has 0 amide bonds. The lowest BCUT2D eigenvalue weighted by molar-refractivity contribution is 0.795. The van der Waals surface area contributed by atoms with Crippen molar-refractivity contribution in [3.05, 3.63) is 63.4 Å². The highest BCUT2D eigenvalue weighted by molar-refractivity contribution is 14.0. The third kappa shape index (κ3) is 6.27. The van der Waals surface area contributed by atoms with Crippen LogP contribution in [-0.2, 0) is 13.0 Å². The molecule has 0 aliphatic rings. The van der Waals surface area contributed by atoms with E-state index >= 15 is 0 Å². The molecule has 0 fully saturated rings. The van der Waals surface area contributed by atoms with Crippen LogP contribution in [0.4, 0.5) is 0 Å². The number of thiazole rings is 1. The number of para-hydroxylation sites is 1. The van der Waals surface area contributed by atoms with Gasteiger partial charge in [-0.1, -0.05) is 18.2 Å². The van der Waals surface area contributed by atoms with Crippen LogP contribution in [-0.4, -0.2) is 33.8 Å². The van der Waals surface area contributed by atoms with Crippen LogP contribution in [0.1, 0.15) is 33.8 Å². The van der Waals surface area contributed by atoms with E-state index in [1.807, 2.05) is 36.0 Å². The maximum absolute atomic E-state index is 4.77. The number of guanidine groups is 1. The molecule has 0 unspecified atom stereocenters. The molecule has 156 valence electrons. The number of nitrogens with one attached hydrogen (secondary N) is 2. The van der Waals surface area contributed by atoms with Gasteiger partial charge in [-0.3, -0.25) is 0 Å². The average molecular weight is 524 g/mol. The molecule has 0 spiro atoms. The second kappa shape index (κ2) is 11.3. The van der Waals surface area contributed by atoms with E-state index in [1.54, 1.807) is 11.3 Å². The minimum Gasteiger partial charge on any atom is -0.357 e. The summed E-state index contributed by atoms with van der Waals surface area (Å²) >= 11 is 1.75. The monoisotopic (exact) mass is 524 g/mol. The van der Waals surface area contributed by atoms with Gasteiger partial charge in [0.15, 0.2) is 5.96 Å². The summed E-state index contributed by atoms with van der Waals surface area (Å²) < 4.78 is 1.99. The fourth-order valence-corrected chi connectivity index (χ4v) is 3.82. The number of halogens is 1. The molecule has 0 aliphatic carbocycles. The van der Waals surface area contributed by atoms with Crippen molar-refractivity contribution in [1.29, 1.82) is 0 Å². The van der Waals surface area contributed by atoms with Crippen LogP contribution in [0.5, 0.6) is 0 Å². The normalized spacial score (nSPS) is 11.2. The van der Waals surface area contributed by atoms with E-state index in [-0.39, 0.29) is 24.0 Å². The summed E-state index contributed by atoms with van der Waals surface area (Å²) in [5.74, 6) is 0.821. The minimum atomic E-state index is 0. The Morgan fingerprint density at radius 1 is 1.14 bits per heavy atom. The van der Waals surface area contributed by atoms with Gasteiger partial charge in [0.05, 0.1) is 22.9 Å². The number of nitrogens with zero attached hydrogens (tertiary/aromatic N) is 4. The zero-order valence-corrected chi connectivity index (χ0v) is 20.5. The maximum atomic E-state index is 4.77. The summed E-state index contributed by atoms with van der Waals surface area (Å²) in [6.07, 6.45) is 2.82. The summed E-state index contributed by atoms with van der Waals surface area (Å²) in [6, 6.07) is 10.2. The summed E-state index contributed by atoms with van der Waals surface area (Å²) in [5.41, 5.74) is 4.37.